The van der Waals surface area contributed by atoms with E-state index in [1.807, 2.05) is 24.3 Å². The summed E-state index contributed by atoms with van der Waals surface area (Å²) in [5, 5.41) is 9.43. The molecule has 0 amide bonds. The van der Waals surface area contributed by atoms with Gasteiger partial charge in [-0.3, -0.25) is 4.79 Å². The lowest BCUT2D eigenvalue weighted by Crippen LogP contribution is -2.17. The van der Waals surface area contributed by atoms with Crippen LogP contribution in [0.25, 0.3) is 0 Å². The molecule has 0 bridgehead atoms. The Morgan fingerprint density at radius 2 is 2.14 bits per heavy atom. The summed E-state index contributed by atoms with van der Waals surface area (Å²) in [7, 11) is -0.520. The second kappa shape index (κ2) is 8.34. The maximum Gasteiger partial charge on any atom is 0.310 e. The maximum absolute atomic E-state index is 11.0. The van der Waals surface area contributed by atoms with E-state index in [1.165, 1.54) is 12.8 Å². The van der Waals surface area contributed by atoms with Crippen LogP contribution in [0, 0.1) is 0 Å². The number of hydrogen-bond donors (Lipinski definition) is 1. The number of aliphatic carboxylic acids is 1. The fraction of sp³-hybridized carbons (Fsp3) is 0.588. The van der Waals surface area contributed by atoms with E-state index < -0.39 is 21.7 Å². The summed E-state index contributed by atoms with van der Waals surface area (Å²) < 4.78 is 5.93. The topological polar surface area (TPSA) is 46.5 Å². The number of carboxylic acid groups (broad SMARTS) is 1. The Morgan fingerprint density at radius 1 is 1.43 bits per heavy atom. The van der Waals surface area contributed by atoms with Crippen LogP contribution < -0.4 is 0 Å². The third-order valence-electron chi connectivity index (χ3n) is 3.78. The van der Waals surface area contributed by atoms with Crippen LogP contribution >= 0.6 is 0 Å². The average molecular weight is 308 g/mol. The lowest BCUT2D eigenvalue weighted by atomic mass is 9.98. The van der Waals surface area contributed by atoms with E-state index in [4.69, 9.17) is 9.53 Å². The molecule has 4 heteroatoms. The van der Waals surface area contributed by atoms with Gasteiger partial charge in [-0.1, -0.05) is 51.5 Å². The fourth-order valence-corrected chi connectivity index (χ4v) is 3.79. The Kier molecular flexibility index (Phi) is 7.12. The van der Waals surface area contributed by atoms with E-state index in [2.05, 4.69) is 20.8 Å². The molecule has 0 radical (unpaired) electrons. The van der Waals surface area contributed by atoms with E-state index in [-0.39, 0.29) is 0 Å². The zero-order valence-electron chi connectivity index (χ0n) is 13.7. The molecule has 1 unspecified atom stereocenters. The van der Waals surface area contributed by atoms with Crippen LogP contribution in [-0.2, 0) is 15.6 Å². The molecule has 0 aromatic heterocycles. The van der Waals surface area contributed by atoms with Crippen LogP contribution in [0.4, 0.5) is 0 Å². The summed E-state index contributed by atoms with van der Waals surface area (Å²) in [6.45, 7) is 9.25. The van der Waals surface area contributed by atoms with Crippen molar-refractivity contribution < 1.29 is 14.3 Å². The molecule has 0 fully saturated rings. The number of carbonyl (C=O) groups is 1. The molecule has 3 nitrogen and oxygen atoms in total. The summed E-state index contributed by atoms with van der Waals surface area (Å²) in [6, 6.07) is 7.84. The predicted molar refractivity (Wildman–Crippen MR) is 89.6 cm³/mol. The van der Waals surface area contributed by atoms with Gasteiger partial charge in [-0.05, 0) is 35.9 Å². The zero-order valence-corrected chi connectivity index (χ0v) is 15.1. The van der Waals surface area contributed by atoms with Crippen molar-refractivity contribution in [1.82, 2.24) is 0 Å². The monoisotopic (exact) mass is 308 g/mol. The van der Waals surface area contributed by atoms with Crippen molar-refractivity contribution in [3.05, 3.63) is 35.4 Å². The molecule has 21 heavy (non-hydrogen) atoms. The SMILES string of the molecule is CCCC(C)(C)[SiH2]OCCc1cccc(C(C)C(=O)O)c1. The Hall–Kier alpha value is -1.13. The molecule has 1 rings (SSSR count). The van der Waals surface area contributed by atoms with Crippen molar-refractivity contribution in [3.8, 4) is 0 Å². The number of hydrogen-bond acceptors (Lipinski definition) is 2. The molecule has 0 heterocycles. The number of benzene rings is 1. The standard InChI is InChI=1S/C17H28O3Si/c1-5-10-17(3,4)21-20-11-9-14-7-6-8-15(12-14)13(2)16(18)19/h6-8,12-13H,5,9-11,21H2,1-4H3,(H,18,19). The van der Waals surface area contributed by atoms with Gasteiger partial charge in [0.05, 0.1) is 5.92 Å². The minimum atomic E-state index is -0.780. The van der Waals surface area contributed by atoms with E-state index >= 15 is 0 Å². The average Bonchev–Trinajstić information content (AvgIpc) is 2.43. The molecule has 0 spiro atoms. The highest BCUT2D eigenvalue weighted by Gasteiger charge is 2.18. The molecule has 1 N–H and O–H groups in total. The van der Waals surface area contributed by atoms with Crippen LogP contribution in [-0.4, -0.2) is 27.4 Å². The summed E-state index contributed by atoms with van der Waals surface area (Å²) in [4.78, 5) is 11.0. The van der Waals surface area contributed by atoms with Crippen molar-refractivity contribution in [2.24, 2.45) is 0 Å². The van der Waals surface area contributed by atoms with Gasteiger partial charge >= 0.3 is 5.97 Å². The van der Waals surface area contributed by atoms with E-state index in [0.717, 1.165) is 24.2 Å². The van der Waals surface area contributed by atoms with Gasteiger partial charge < -0.3 is 9.53 Å². The smallest absolute Gasteiger partial charge is 0.310 e. The van der Waals surface area contributed by atoms with Crippen molar-refractivity contribution in [3.63, 3.8) is 0 Å². The van der Waals surface area contributed by atoms with Crippen molar-refractivity contribution >= 4 is 15.7 Å². The maximum atomic E-state index is 11.0. The summed E-state index contributed by atoms with van der Waals surface area (Å²) in [5.74, 6) is -1.24. The molecular formula is C17H28O3Si. The van der Waals surface area contributed by atoms with Crippen LogP contribution in [0.15, 0.2) is 24.3 Å². The normalized spacial score (nSPS) is 13.7. The van der Waals surface area contributed by atoms with Crippen molar-refractivity contribution in [2.45, 2.75) is 57.9 Å². The highest BCUT2D eigenvalue weighted by atomic mass is 28.2. The minimum absolute atomic E-state index is 0.369. The van der Waals surface area contributed by atoms with Crippen LogP contribution in [0.3, 0.4) is 0 Å². The lowest BCUT2D eigenvalue weighted by molar-refractivity contribution is -0.138. The Balaban J connectivity index is 2.46. The molecule has 0 saturated carbocycles. The highest BCUT2D eigenvalue weighted by Crippen LogP contribution is 2.28. The number of rotatable bonds is 9. The third-order valence-corrected chi connectivity index (χ3v) is 5.40. The van der Waals surface area contributed by atoms with Gasteiger partial charge in [0.25, 0.3) is 0 Å². The predicted octanol–water partition coefficient (Wildman–Crippen LogP) is 3.52. The summed E-state index contributed by atoms with van der Waals surface area (Å²) in [6.07, 6.45) is 3.29. The van der Waals surface area contributed by atoms with Gasteiger partial charge in [-0.2, -0.15) is 0 Å². The summed E-state index contributed by atoms with van der Waals surface area (Å²) in [5.41, 5.74) is 2.02. The van der Waals surface area contributed by atoms with Crippen molar-refractivity contribution in [1.29, 1.82) is 0 Å². The summed E-state index contributed by atoms with van der Waals surface area (Å²) >= 11 is 0. The molecule has 1 aromatic carbocycles. The molecule has 1 atom stereocenters. The Morgan fingerprint density at radius 3 is 2.76 bits per heavy atom. The van der Waals surface area contributed by atoms with Crippen LogP contribution in [0.5, 0.6) is 0 Å². The van der Waals surface area contributed by atoms with Crippen molar-refractivity contribution in [2.75, 3.05) is 6.61 Å². The zero-order chi connectivity index (χ0) is 15.9. The molecule has 0 aliphatic carbocycles. The molecule has 0 aliphatic heterocycles. The van der Waals surface area contributed by atoms with E-state index in [1.54, 1.807) is 6.92 Å². The lowest BCUT2D eigenvalue weighted by Gasteiger charge is -2.22. The number of carboxylic acids is 1. The van der Waals surface area contributed by atoms with Crippen LogP contribution in [0.2, 0.25) is 5.04 Å². The largest absolute Gasteiger partial charge is 0.481 e. The van der Waals surface area contributed by atoms with E-state index in [9.17, 15) is 4.79 Å². The Labute approximate surface area is 130 Å². The first kappa shape index (κ1) is 17.9. The van der Waals surface area contributed by atoms with Gasteiger partial charge in [0.15, 0.2) is 9.76 Å². The second-order valence-corrected chi connectivity index (χ2v) is 9.13. The van der Waals surface area contributed by atoms with Gasteiger partial charge in [-0.15, -0.1) is 0 Å². The first-order valence-electron chi connectivity index (χ1n) is 7.75. The van der Waals surface area contributed by atoms with Gasteiger partial charge in [-0.25, -0.2) is 0 Å². The third kappa shape index (κ3) is 6.44. The van der Waals surface area contributed by atoms with Crippen LogP contribution in [0.1, 0.15) is 57.6 Å². The second-order valence-electron chi connectivity index (χ2n) is 6.52. The fourth-order valence-electron chi connectivity index (χ4n) is 2.45. The first-order valence-corrected chi connectivity index (χ1v) is 9.03. The first-order chi connectivity index (χ1) is 9.85. The highest BCUT2D eigenvalue weighted by molar-refractivity contribution is 6.31. The minimum Gasteiger partial charge on any atom is -0.481 e. The molecule has 1 aromatic rings. The van der Waals surface area contributed by atoms with Gasteiger partial charge in [0, 0.05) is 6.61 Å². The quantitative estimate of drug-likeness (QED) is 0.561. The molecule has 118 valence electrons. The van der Waals surface area contributed by atoms with Gasteiger partial charge in [0.1, 0.15) is 0 Å². The molecular weight excluding hydrogens is 280 g/mol. The molecule has 0 aliphatic rings. The Bertz CT molecular complexity index is 457. The van der Waals surface area contributed by atoms with Gasteiger partial charge in [0.2, 0.25) is 0 Å². The molecule has 0 saturated heterocycles. The van der Waals surface area contributed by atoms with E-state index in [0.29, 0.717) is 5.04 Å².